The number of piperidine rings is 1. The number of carbonyl (C=O) groups is 1. The fourth-order valence-electron chi connectivity index (χ4n) is 3.24. The molecule has 0 aliphatic carbocycles. The van der Waals surface area contributed by atoms with Crippen molar-refractivity contribution in [2.24, 2.45) is 0 Å². The van der Waals surface area contributed by atoms with E-state index in [1.807, 2.05) is 4.90 Å². The highest BCUT2D eigenvalue weighted by Crippen LogP contribution is 2.32. The summed E-state index contributed by atoms with van der Waals surface area (Å²) in [6.45, 7) is 4.65. The molecule has 2 aliphatic heterocycles. The van der Waals surface area contributed by atoms with Crippen molar-refractivity contribution in [1.82, 2.24) is 4.90 Å². The first-order chi connectivity index (χ1) is 8.75. The quantitative estimate of drug-likeness (QED) is 0.755. The third-order valence-corrected chi connectivity index (χ3v) is 4.27. The topological polar surface area (TPSA) is 23.6 Å². The lowest BCUT2D eigenvalue weighted by atomic mass is 10.0. The van der Waals surface area contributed by atoms with E-state index in [1.54, 1.807) is 6.92 Å². The lowest BCUT2D eigenvalue weighted by Gasteiger charge is -2.37. The molecule has 3 rings (SSSR count). The van der Waals surface area contributed by atoms with Gasteiger partial charge in [0.15, 0.2) is 0 Å². The second-order valence-corrected chi connectivity index (χ2v) is 5.31. The van der Waals surface area contributed by atoms with Crippen LogP contribution in [-0.2, 0) is 11.2 Å². The number of carbonyl (C=O) groups excluding carboxylic acids is 1. The first-order valence-corrected chi connectivity index (χ1v) is 6.86. The van der Waals surface area contributed by atoms with Crippen molar-refractivity contribution in [2.75, 3.05) is 24.5 Å². The largest absolute Gasteiger partial charge is 0.368 e. The van der Waals surface area contributed by atoms with Crippen molar-refractivity contribution in [3.63, 3.8) is 0 Å². The van der Waals surface area contributed by atoms with E-state index in [1.165, 1.54) is 17.7 Å². The summed E-state index contributed by atoms with van der Waals surface area (Å²) in [4.78, 5) is 15.9. The van der Waals surface area contributed by atoms with Gasteiger partial charge in [0.1, 0.15) is 0 Å². The number of anilines is 1. The van der Waals surface area contributed by atoms with Crippen LogP contribution in [0.1, 0.15) is 25.3 Å². The van der Waals surface area contributed by atoms with Crippen molar-refractivity contribution in [2.45, 2.75) is 32.2 Å². The molecule has 1 aromatic rings. The van der Waals surface area contributed by atoms with Gasteiger partial charge in [0, 0.05) is 38.3 Å². The summed E-state index contributed by atoms with van der Waals surface area (Å²) in [7, 11) is 0. The van der Waals surface area contributed by atoms with Gasteiger partial charge in [-0.15, -0.1) is 0 Å². The van der Waals surface area contributed by atoms with Crippen LogP contribution in [0.25, 0.3) is 0 Å². The zero-order valence-corrected chi connectivity index (χ0v) is 10.9. The van der Waals surface area contributed by atoms with Crippen LogP contribution < -0.4 is 4.90 Å². The Kier molecular flexibility index (Phi) is 2.98. The van der Waals surface area contributed by atoms with E-state index in [-0.39, 0.29) is 5.91 Å². The van der Waals surface area contributed by atoms with Gasteiger partial charge in [0.05, 0.1) is 0 Å². The number of para-hydroxylation sites is 1. The van der Waals surface area contributed by atoms with Crippen molar-refractivity contribution in [1.29, 1.82) is 0 Å². The first kappa shape index (κ1) is 11.6. The van der Waals surface area contributed by atoms with Gasteiger partial charge in [-0.25, -0.2) is 0 Å². The summed E-state index contributed by atoms with van der Waals surface area (Å²) in [5.41, 5.74) is 2.89. The van der Waals surface area contributed by atoms with Gasteiger partial charge < -0.3 is 9.80 Å². The third-order valence-electron chi connectivity index (χ3n) is 4.27. The number of hydrogen-bond donors (Lipinski definition) is 0. The van der Waals surface area contributed by atoms with E-state index in [9.17, 15) is 4.79 Å². The van der Waals surface area contributed by atoms with E-state index in [2.05, 4.69) is 29.2 Å². The standard InChI is InChI=1S/C15H20N2O/c1-12(18)16-9-7-14(8-10-16)17-11-6-13-4-2-3-5-15(13)17/h2-5,14H,6-11H2,1H3. The number of fused-ring (bicyclic) bond motifs is 1. The maximum atomic E-state index is 11.3. The Bertz CT molecular complexity index is 450. The van der Waals surface area contributed by atoms with E-state index in [4.69, 9.17) is 0 Å². The van der Waals surface area contributed by atoms with Crippen molar-refractivity contribution < 1.29 is 4.79 Å². The summed E-state index contributed by atoms with van der Waals surface area (Å²) < 4.78 is 0. The predicted octanol–water partition coefficient (Wildman–Crippen LogP) is 2.06. The monoisotopic (exact) mass is 244 g/mol. The zero-order chi connectivity index (χ0) is 12.5. The third kappa shape index (κ3) is 1.98. The Morgan fingerprint density at radius 2 is 1.89 bits per heavy atom. The van der Waals surface area contributed by atoms with Crippen LogP contribution in [0.2, 0.25) is 0 Å². The molecule has 3 heteroatoms. The predicted molar refractivity (Wildman–Crippen MR) is 72.8 cm³/mol. The van der Waals surface area contributed by atoms with Gasteiger partial charge >= 0.3 is 0 Å². The molecule has 0 spiro atoms. The zero-order valence-electron chi connectivity index (χ0n) is 10.9. The highest BCUT2D eigenvalue weighted by Gasteiger charge is 2.29. The molecular weight excluding hydrogens is 224 g/mol. The fourth-order valence-corrected chi connectivity index (χ4v) is 3.24. The molecule has 1 amide bonds. The fraction of sp³-hybridized carbons (Fsp3) is 0.533. The lowest BCUT2D eigenvalue weighted by Crippen LogP contribution is -2.45. The van der Waals surface area contributed by atoms with E-state index in [0.717, 1.165) is 32.5 Å². The van der Waals surface area contributed by atoms with Gasteiger partial charge in [-0.3, -0.25) is 4.79 Å². The maximum absolute atomic E-state index is 11.3. The van der Waals surface area contributed by atoms with Crippen LogP contribution in [0.3, 0.4) is 0 Å². The highest BCUT2D eigenvalue weighted by atomic mass is 16.2. The van der Waals surface area contributed by atoms with Crippen LogP contribution in [0.5, 0.6) is 0 Å². The molecule has 0 radical (unpaired) electrons. The number of nitrogens with zero attached hydrogens (tertiary/aromatic N) is 2. The SMILES string of the molecule is CC(=O)N1CCC(N2CCc3ccccc32)CC1. The second-order valence-electron chi connectivity index (χ2n) is 5.31. The molecule has 1 fully saturated rings. The Labute approximate surface area is 108 Å². The van der Waals surface area contributed by atoms with E-state index < -0.39 is 0 Å². The summed E-state index contributed by atoms with van der Waals surface area (Å²) in [5.74, 6) is 0.218. The van der Waals surface area contributed by atoms with E-state index >= 15 is 0 Å². The lowest BCUT2D eigenvalue weighted by molar-refractivity contribution is -0.129. The number of benzene rings is 1. The molecule has 3 nitrogen and oxygen atoms in total. The molecule has 96 valence electrons. The molecule has 2 aliphatic rings. The van der Waals surface area contributed by atoms with Crippen LogP contribution in [0, 0.1) is 0 Å². The molecule has 0 saturated carbocycles. The molecule has 1 saturated heterocycles. The normalized spacial score (nSPS) is 20.1. The highest BCUT2D eigenvalue weighted by molar-refractivity contribution is 5.73. The maximum Gasteiger partial charge on any atom is 0.219 e. The smallest absolute Gasteiger partial charge is 0.219 e. The average Bonchev–Trinajstić information content (AvgIpc) is 2.82. The van der Waals surface area contributed by atoms with Crippen LogP contribution >= 0.6 is 0 Å². The van der Waals surface area contributed by atoms with Crippen molar-refractivity contribution in [3.8, 4) is 0 Å². The van der Waals surface area contributed by atoms with Crippen LogP contribution in [0.15, 0.2) is 24.3 Å². The number of hydrogen-bond acceptors (Lipinski definition) is 2. The van der Waals surface area contributed by atoms with Crippen LogP contribution in [-0.4, -0.2) is 36.5 Å². The van der Waals surface area contributed by atoms with Gasteiger partial charge in [0.25, 0.3) is 0 Å². The van der Waals surface area contributed by atoms with E-state index in [0.29, 0.717) is 6.04 Å². The molecule has 0 N–H and O–H groups in total. The summed E-state index contributed by atoms with van der Waals surface area (Å²) in [6, 6.07) is 9.34. The molecule has 0 aromatic heterocycles. The number of likely N-dealkylation sites (tertiary alicyclic amines) is 1. The number of rotatable bonds is 1. The summed E-state index contributed by atoms with van der Waals surface area (Å²) in [6.07, 6.45) is 3.38. The molecule has 1 aromatic carbocycles. The Balaban J connectivity index is 1.70. The average molecular weight is 244 g/mol. The Morgan fingerprint density at radius 3 is 2.61 bits per heavy atom. The van der Waals surface area contributed by atoms with Gasteiger partial charge in [-0.05, 0) is 30.9 Å². The van der Waals surface area contributed by atoms with Gasteiger partial charge in [-0.2, -0.15) is 0 Å². The molecule has 18 heavy (non-hydrogen) atoms. The summed E-state index contributed by atoms with van der Waals surface area (Å²) in [5, 5.41) is 0. The molecule has 0 bridgehead atoms. The van der Waals surface area contributed by atoms with Crippen molar-refractivity contribution >= 4 is 11.6 Å². The van der Waals surface area contributed by atoms with Crippen LogP contribution in [0.4, 0.5) is 5.69 Å². The minimum absolute atomic E-state index is 0.218. The minimum Gasteiger partial charge on any atom is -0.368 e. The second kappa shape index (κ2) is 4.63. The number of amides is 1. The molecule has 0 unspecified atom stereocenters. The summed E-state index contributed by atoms with van der Waals surface area (Å²) >= 11 is 0. The molecule has 0 atom stereocenters. The van der Waals surface area contributed by atoms with Crippen molar-refractivity contribution in [3.05, 3.63) is 29.8 Å². The van der Waals surface area contributed by atoms with Gasteiger partial charge in [-0.1, -0.05) is 18.2 Å². The first-order valence-electron chi connectivity index (χ1n) is 6.86. The minimum atomic E-state index is 0.218. The molecule has 2 heterocycles. The Morgan fingerprint density at radius 1 is 1.17 bits per heavy atom. The Hall–Kier alpha value is -1.51. The molecular formula is C15H20N2O. The van der Waals surface area contributed by atoms with Gasteiger partial charge in [0.2, 0.25) is 5.91 Å².